The fourth-order valence-corrected chi connectivity index (χ4v) is 1.53. The first kappa shape index (κ1) is 9.98. The summed E-state index contributed by atoms with van der Waals surface area (Å²) in [6.45, 7) is 1.02. The highest BCUT2D eigenvalue weighted by Gasteiger charge is 2.34. The SMILES string of the molecule is COC(=O)C[C@@H]1CNC[C@H]1C(=O)O. The Morgan fingerprint density at radius 1 is 1.54 bits per heavy atom. The van der Waals surface area contributed by atoms with Gasteiger partial charge < -0.3 is 15.2 Å². The fourth-order valence-electron chi connectivity index (χ4n) is 1.53. The van der Waals surface area contributed by atoms with E-state index in [4.69, 9.17) is 5.11 Å². The van der Waals surface area contributed by atoms with Crippen LogP contribution in [0.4, 0.5) is 0 Å². The lowest BCUT2D eigenvalue weighted by Gasteiger charge is -2.12. The van der Waals surface area contributed by atoms with Crippen LogP contribution < -0.4 is 5.32 Å². The number of hydrogen-bond donors (Lipinski definition) is 2. The number of nitrogens with one attached hydrogen (secondary N) is 1. The molecule has 0 aliphatic carbocycles. The van der Waals surface area contributed by atoms with Gasteiger partial charge in [-0.15, -0.1) is 0 Å². The molecule has 5 nitrogen and oxygen atoms in total. The molecule has 0 radical (unpaired) electrons. The molecular weight excluding hydrogens is 174 g/mol. The molecule has 1 heterocycles. The van der Waals surface area contributed by atoms with E-state index in [-0.39, 0.29) is 18.3 Å². The lowest BCUT2D eigenvalue weighted by molar-refractivity contribution is -0.145. The van der Waals surface area contributed by atoms with Gasteiger partial charge in [-0.3, -0.25) is 9.59 Å². The van der Waals surface area contributed by atoms with Crippen LogP contribution in [0.2, 0.25) is 0 Å². The summed E-state index contributed by atoms with van der Waals surface area (Å²) in [7, 11) is 1.31. The molecule has 0 unspecified atom stereocenters. The molecule has 13 heavy (non-hydrogen) atoms. The lowest BCUT2D eigenvalue weighted by atomic mass is 9.93. The summed E-state index contributed by atoms with van der Waals surface area (Å²) < 4.78 is 4.48. The molecule has 74 valence electrons. The zero-order valence-electron chi connectivity index (χ0n) is 7.45. The maximum atomic E-state index is 10.9. The van der Waals surface area contributed by atoms with Crippen molar-refractivity contribution in [2.75, 3.05) is 20.2 Å². The molecule has 1 fully saturated rings. The van der Waals surface area contributed by atoms with Crippen LogP contribution in [0, 0.1) is 11.8 Å². The molecule has 0 saturated carbocycles. The molecule has 1 saturated heterocycles. The third kappa shape index (κ3) is 2.42. The summed E-state index contributed by atoms with van der Waals surface area (Å²) in [5, 5.41) is 11.7. The molecule has 0 bridgehead atoms. The number of carboxylic acids is 1. The van der Waals surface area contributed by atoms with Crippen LogP contribution in [0.3, 0.4) is 0 Å². The molecule has 1 rings (SSSR count). The maximum Gasteiger partial charge on any atom is 0.308 e. The van der Waals surface area contributed by atoms with Crippen molar-refractivity contribution in [3.63, 3.8) is 0 Å². The molecular formula is C8H13NO4. The van der Waals surface area contributed by atoms with E-state index in [0.717, 1.165) is 0 Å². The highest BCUT2D eigenvalue weighted by Crippen LogP contribution is 2.20. The highest BCUT2D eigenvalue weighted by molar-refractivity contribution is 5.74. The third-order valence-corrected chi connectivity index (χ3v) is 2.31. The van der Waals surface area contributed by atoms with Crippen molar-refractivity contribution in [3.05, 3.63) is 0 Å². The topological polar surface area (TPSA) is 75.6 Å². The summed E-state index contributed by atoms with van der Waals surface area (Å²) in [5.74, 6) is -1.79. The van der Waals surface area contributed by atoms with Crippen LogP contribution in [0.15, 0.2) is 0 Å². The lowest BCUT2D eigenvalue weighted by Crippen LogP contribution is -2.24. The maximum absolute atomic E-state index is 10.9. The van der Waals surface area contributed by atoms with Crippen molar-refractivity contribution < 1.29 is 19.4 Å². The first-order valence-corrected chi connectivity index (χ1v) is 4.15. The van der Waals surface area contributed by atoms with Gasteiger partial charge in [0.15, 0.2) is 0 Å². The average molecular weight is 187 g/mol. The zero-order valence-corrected chi connectivity index (χ0v) is 7.45. The van der Waals surface area contributed by atoms with Crippen molar-refractivity contribution in [3.8, 4) is 0 Å². The second-order valence-electron chi connectivity index (χ2n) is 3.14. The number of carbonyl (C=O) groups is 2. The van der Waals surface area contributed by atoms with Crippen LogP contribution in [0.5, 0.6) is 0 Å². The Morgan fingerprint density at radius 2 is 2.23 bits per heavy atom. The number of esters is 1. The van der Waals surface area contributed by atoms with Crippen LogP contribution in [0.1, 0.15) is 6.42 Å². The number of ether oxygens (including phenoxy) is 1. The number of aliphatic carboxylic acids is 1. The van der Waals surface area contributed by atoms with Gasteiger partial charge in [0, 0.05) is 6.54 Å². The Morgan fingerprint density at radius 3 is 2.77 bits per heavy atom. The zero-order chi connectivity index (χ0) is 9.84. The molecule has 1 aliphatic rings. The first-order chi connectivity index (χ1) is 6.15. The van der Waals surface area contributed by atoms with Gasteiger partial charge in [0.25, 0.3) is 0 Å². The Kier molecular flexibility index (Phi) is 3.25. The van der Waals surface area contributed by atoms with Crippen LogP contribution >= 0.6 is 0 Å². The molecule has 0 spiro atoms. The van der Waals surface area contributed by atoms with Gasteiger partial charge in [0.1, 0.15) is 0 Å². The van der Waals surface area contributed by atoms with Crippen LogP contribution in [-0.2, 0) is 14.3 Å². The minimum atomic E-state index is -0.848. The van der Waals surface area contributed by atoms with Gasteiger partial charge in [-0.2, -0.15) is 0 Å². The van der Waals surface area contributed by atoms with Crippen LogP contribution in [-0.4, -0.2) is 37.2 Å². The minimum Gasteiger partial charge on any atom is -0.481 e. The Bertz CT molecular complexity index is 216. The number of hydrogen-bond acceptors (Lipinski definition) is 4. The third-order valence-electron chi connectivity index (χ3n) is 2.31. The van der Waals surface area contributed by atoms with E-state index >= 15 is 0 Å². The summed E-state index contributed by atoms with van der Waals surface area (Å²) in [6.07, 6.45) is 0.181. The Balaban J connectivity index is 2.48. The van der Waals surface area contributed by atoms with Gasteiger partial charge in [0.2, 0.25) is 0 Å². The standard InChI is InChI=1S/C8H13NO4/c1-13-7(10)2-5-3-9-4-6(5)8(11)12/h5-6,9H,2-4H2,1H3,(H,11,12)/t5-,6-/m1/s1. The van der Waals surface area contributed by atoms with E-state index in [9.17, 15) is 9.59 Å². The summed E-state index contributed by atoms with van der Waals surface area (Å²) in [4.78, 5) is 21.6. The molecule has 5 heteroatoms. The molecule has 0 amide bonds. The van der Waals surface area contributed by atoms with E-state index < -0.39 is 11.9 Å². The molecule has 0 aromatic heterocycles. The summed E-state index contributed by atoms with van der Waals surface area (Å²) >= 11 is 0. The Hall–Kier alpha value is -1.10. The Labute approximate surface area is 76.1 Å². The second-order valence-corrected chi connectivity index (χ2v) is 3.14. The van der Waals surface area contributed by atoms with Crippen molar-refractivity contribution in [2.24, 2.45) is 11.8 Å². The van der Waals surface area contributed by atoms with Crippen molar-refractivity contribution in [2.45, 2.75) is 6.42 Å². The number of carbonyl (C=O) groups excluding carboxylic acids is 1. The van der Waals surface area contributed by atoms with Crippen LogP contribution in [0.25, 0.3) is 0 Å². The number of carboxylic acid groups (broad SMARTS) is 1. The molecule has 2 N–H and O–H groups in total. The van der Waals surface area contributed by atoms with Crippen molar-refractivity contribution >= 4 is 11.9 Å². The highest BCUT2D eigenvalue weighted by atomic mass is 16.5. The van der Waals surface area contributed by atoms with E-state index in [1.165, 1.54) is 7.11 Å². The van der Waals surface area contributed by atoms with Crippen molar-refractivity contribution in [1.29, 1.82) is 0 Å². The monoisotopic (exact) mass is 187 g/mol. The number of methoxy groups -OCH3 is 1. The van der Waals surface area contributed by atoms with E-state index in [0.29, 0.717) is 13.1 Å². The van der Waals surface area contributed by atoms with Gasteiger partial charge in [0.05, 0.1) is 19.4 Å². The fraction of sp³-hybridized carbons (Fsp3) is 0.750. The molecule has 0 aromatic rings. The predicted octanol–water partition coefficient (Wildman–Crippen LogP) is -0.530. The van der Waals surface area contributed by atoms with E-state index in [1.54, 1.807) is 0 Å². The first-order valence-electron chi connectivity index (χ1n) is 4.15. The van der Waals surface area contributed by atoms with Gasteiger partial charge >= 0.3 is 11.9 Å². The largest absolute Gasteiger partial charge is 0.481 e. The minimum absolute atomic E-state index is 0.134. The van der Waals surface area contributed by atoms with Gasteiger partial charge in [-0.05, 0) is 12.5 Å². The smallest absolute Gasteiger partial charge is 0.308 e. The van der Waals surface area contributed by atoms with Crippen molar-refractivity contribution in [1.82, 2.24) is 5.32 Å². The predicted molar refractivity (Wildman–Crippen MR) is 44.1 cm³/mol. The van der Waals surface area contributed by atoms with E-state index in [2.05, 4.69) is 10.1 Å². The van der Waals surface area contributed by atoms with E-state index in [1.807, 2.05) is 0 Å². The second kappa shape index (κ2) is 4.23. The van der Waals surface area contributed by atoms with Gasteiger partial charge in [-0.25, -0.2) is 0 Å². The quantitative estimate of drug-likeness (QED) is 0.581. The summed E-state index contributed by atoms with van der Waals surface area (Å²) in [6, 6.07) is 0. The normalized spacial score (nSPS) is 27.2. The van der Waals surface area contributed by atoms with Gasteiger partial charge in [-0.1, -0.05) is 0 Å². The summed E-state index contributed by atoms with van der Waals surface area (Å²) in [5.41, 5.74) is 0. The molecule has 0 aromatic carbocycles. The molecule has 1 aliphatic heterocycles. The molecule has 2 atom stereocenters. The number of rotatable bonds is 3. The average Bonchev–Trinajstić information content (AvgIpc) is 2.52.